The van der Waals surface area contributed by atoms with Gasteiger partial charge in [-0.2, -0.15) is 0 Å². The van der Waals surface area contributed by atoms with Crippen molar-refractivity contribution in [3.05, 3.63) is 48.0 Å². The molecule has 25 heavy (non-hydrogen) atoms. The lowest BCUT2D eigenvalue weighted by atomic mass is 9.77. The summed E-state index contributed by atoms with van der Waals surface area (Å²) in [5, 5.41) is 15.2. The summed E-state index contributed by atoms with van der Waals surface area (Å²) in [6.07, 6.45) is 4.35. The van der Waals surface area contributed by atoms with Crippen molar-refractivity contribution in [2.75, 3.05) is 0 Å². The van der Waals surface area contributed by atoms with Crippen LogP contribution in [-0.4, -0.2) is 22.0 Å². The number of nitrogens with one attached hydrogen (secondary N) is 1. The maximum atomic E-state index is 13.0. The Labute approximate surface area is 149 Å². The van der Waals surface area contributed by atoms with E-state index in [1.54, 1.807) is 12.1 Å². The molecule has 1 atom stereocenters. The van der Waals surface area contributed by atoms with Crippen LogP contribution in [0, 0.1) is 5.41 Å². The van der Waals surface area contributed by atoms with E-state index in [0.29, 0.717) is 0 Å². The van der Waals surface area contributed by atoms with Gasteiger partial charge in [0.25, 0.3) is 0 Å². The largest absolute Gasteiger partial charge is 0.507 e. The Hall–Kier alpha value is -2.13. The minimum absolute atomic E-state index is 0.0650. The van der Waals surface area contributed by atoms with Gasteiger partial charge >= 0.3 is 0 Å². The molecule has 1 aliphatic rings. The average Bonchev–Trinajstić information content (AvgIpc) is 3.06. The van der Waals surface area contributed by atoms with Crippen molar-refractivity contribution in [2.24, 2.45) is 5.41 Å². The van der Waals surface area contributed by atoms with Crippen molar-refractivity contribution < 1.29 is 9.90 Å². The summed E-state index contributed by atoms with van der Waals surface area (Å²) in [6, 6.07) is 11.2. The zero-order valence-corrected chi connectivity index (χ0v) is 15.7. The zero-order chi connectivity index (χ0) is 18.5. The summed E-state index contributed by atoms with van der Waals surface area (Å²) >= 11 is 0. The lowest BCUT2D eigenvalue weighted by Crippen LogP contribution is -2.35. The summed E-state index contributed by atoms with van der Waals surface area (Å²) in [5.41, 5.74) is 0.328. The third-order valence-corrected chi connectivity index (χ3v) is 5.10. The number of carbonyl (C=O) groups is 1. The molecule has 0 spiro atoms. The molecule has 2 N–H and O–H groups in total. The van der Waals surface area contributed by atoms with Gasteiger partial charge in [-0.25, -0.2) is 0 Å². The second-order valence-electron chi connectivity index (χ2n) is 8.81. The molecule has 0 bridgehead atoms. The molecule has 1 heterocycles. The Morgan fingerprint density at radius 1 is 1.12 bits per heavy atom. The zero-order valence-electron chi connectivity index (χ0n) is 15.7. The van der Waals surface area contributed by atoms with E-state index in [1.165, 1.54) is 0 Å². The summed E-state index contributed by atoms with van der Waals surface area (Å²) in [5.74, 6) is 0.373. The Balaban J connectivity index is 1.92. The normalized spacial score (nSPS) is 22.4. The van der Waals surface area contributed by atoms with Gasteiger partial charge in [-0.05, 0) is 48.8 Å². The van der Waals surface area contributed by atoms with E-state index in [-0.39, 0.29) is 22.5 Å². The highest BCUT2D eigenvalue weighted by Gasteiger charge is 2.65. The molecule has 1 unspecified atom stereocenters. The highest BCUT2D eigenvalue weighted by Crippen LogP contribution is 2.47. The molecule has 2 aromatic rings. The fourth-order valence-corrected chi connectivity index (χ4v) is 3.78. The van der Waals surface area contributed by atoms with Crippen molar-refractivity contribution in [3.63, 3.8) is 0 Å². The van der Waals surface area contributed by atoms with Crippen molar-refractivity contribution >= 4 is 22.6 Å². The van der Waals surface area contributed by atoms with Gasteiger partial charge in [0.1, 0.15) is 11.3 Å². The summed E-state index contributed by atoms with van der Waals surface area (Å²) < 4.78 is 0. The number of carbonyl (C=O) groups excluding carboxylic acids is 1. The first-order valence-electron chi connectivity index (χ1n) is 8.78. The molecule has 3 nitrogen and oxygen atoms in total. The number of phenols is 1. The van der Waals surface area contributed by atoms with Crippen LogP contribution in [0.25, 0.3) is 16.8 Å². The van der Waals surface area contributed by atoms with Crippen molar-refractivity contribution in [1.82, 2.24) is 5.32 Å². The smallest absolute Gasteiger partial charge is 0.177 e. The van der Waals surface area contributed by atoms with Gasteiger partial charge < -0.3 is 5.11 Å². The van der Waals surface area contributed by atoms with Crippen LogP contribution < -0.4 is 5.32 Å². The maximum Gasteiger partial charge on any atom is 0.177 e. The van der Waals surface area contributed by atoms with E-state index in [4.69, 9.17) is 0 Å². The third-order valence-electron chi connectivity index (χ3n) is 5.10. The molecule has 0 aliphatic carbocycles. The molecule has 1 fully saturated rings. The van der Waals surface area contributed by atoms with E-state index >= 15 is 0 Å². The standard InChI is InChI=1S/C22H27NO2/c1-20(2,3)14-22(21(4,5)23-22)19(25)13-11-15-10-12-18(24)17-9-7-6-8-16(15)17/h6-13,23-24H,14H2,1-5H3/b13-11-. The van der Waals surface area contributed by atoms with E-state index < -0.39 is 5.54 Å². The second kappa shape index (κ2) is 5.70. The second-order valence-corrected chi connectivity index (χ2v) is 8.81. The summed E-state index contributed by atoms with van der Waals surface area (Å²) in [6.45, 7) is 10.7. The lowest BCUT2D eigenvalue weighted by molar-refractivity contribution is -0.118. The average molecular weight is 337 g/mol. The molecule has 2 aromatic carbocycles. The highest BCUT2D eigenvalue weighted by molar-refractivity contribution is 6.06. The molecule has 0 aromatic heterocycles. The van der Waals surface area contributed by atoms with E-state index in [9.17, 15) is 9.90 Å². The number of fused-ring (bicyclic) bond motifs is 1. The molecule has 0 amide bonds. The molecular weight excluding hydrogens is 310 g/mol. The van der Waals surface area contributed by atoms with Crippen LogP contribution >= 0.6 is 0 Å². The first kappa shape index (κ1) is 17.7. The molecule has 3 heteroatoms. The first-order chi connectivity index (χ1) is 11.6. The predicted octanol–water partition coefficient (Wildman–Crippen LogP) is 4.68. The number of hydrogen-bond acceptors (Lipinski definition) is 3. The van der Waals surface area contributed by atoms with Crippen molar-refractivity contribution in [1.29, 1.82) is 0 Å². The topological polar surface area (TPSA) is 59.2 Å². The van der Waals surface area contributed by atoms with Gasteiger partial charge in [0.2, 0.25) is 0 Å². The van der Waals surface area contributed by atoms with Crippen LogP contribution in [-0.2, 0) is 4.79 Å². The van der Waals surface area contributed by atoms with Gasteiger partial charge in [-0.15, -0.1) is 0 Å². The monoisotopic (exact) mass is 337 g/mol. The number of ketones is 1. The van der Waals surface area contributed by atoms with Gasteiger partial charge in [-0.1, -0.05) is 57.2 Å². The summed E-state index contributed by atoms with van der Waals surface area (Å²) in [7, 11) is 0. The van der Waals surface area contributed by atoms with Crippen LogP contribution in [0.3, 0.4) is 0 Å². The number of phenolic OH excluding ortho intramolecular Hbond substituents is 1. The number of benzene rings is 2. The minimum Gasteiger partial charge on any atom is -0.507 e. The Morgan fingerprint density at radius 2 is 1.72 bits per heavy atom. The van der Waals surface area contributed by atoms with Gasteiger partial charge in [0, 0.05) is 10.9 Å². The third kappa shape index (κ3) is 3.21. The quantitative estimate of drug-likeness (QED) is 0.629. The fourth-order valence-electron chi connectivity index (χ4n) is 3.78. The lowest BCUT2D eigenvalue weighted by Gasteiger charge is -2.25. The number of aromatic hydroxyl groups is 1. The van der Waals surface area contributed by atoms with Crippen LogP contribution in [0.1, 0.15) is 46.6 Å². The number of rotatable bonds is 4. The molecular formula is C22H27NO2. The fraction of sp³-hybridized carbons (Fsp3) is 0.409. The molecule has 132 valence electrons. The highest BCUT2D eigenvalue weighted by atomic mass is 16.3. The van der Waals surface area contributed by atoms with E-state index in [2.05, 4.69) is 39.9 Å². The Bertz CT molecular complexity index is 858. The molecule has 0 saturated carbocycles. The first-order valence-corrected chi connectivity index (χ1v) is 8.78. The minimum atomic E-state index is -0.492. The molecule has 1 aliphatic heterocycles. The Kier molecular flexibility index (Phi) is 4.03. The molecule has 1 saturated heterocycles. The van der Waals surface area contributed by atoms with Crippen LogP contribution in [0.5, 0.6) is 5.75 Å². The van der Waals surface area contributed by atoms with E-state index in [0.717, 1.165) is 22.8 Å². The number of hydrogen-bond donors (Lipinski definition) is 2. The molecule has 3 rings (SSSR count). The van der Waals surface area contributed by atoms with E-state index in [1.807, 2.05) is 36.4 Å². The van der Waals surface area contributed by atoms with Crippen LogP contribution in [0.4, 0.5) is 0 Å². The summed E-state index contributed by atoms with van der Waals surface area (Å²) in [4.78, 5) is 13.0. The van der Waals surface area contributed by atoms with Crippen molar-refractivity contribution in [2.45, 2.75) is 52.1 Å². The Morgan fingerprint density at radius 3 is 2.28 bits per heavy atom. The van der Waals surface area contributed by atoms with Crippen LogP contribution in [0.15, 0.2) is 42.5 Å². The van der Waals surface area contributed by atoms with Crippen LogP contribution in [0.2, 0.25) is 0 Å². The van der Waals surface area contributed by atoms with Crippen molar-refractivity contribution in [3.8, 4) is 5.75 Å². The predicted molar refractivity (Wildman–Crippen MR) is 104 cm³/mol. The van der Waals surface area contributed by atoms with Gasteiger partial charge in [0.15, 0.2) is 5.78 Å². The maximum absolute atomic E-state index is 13.0. The molecule has 0 radical (unpaired) electrons. The van der Waals surface area contributed by atoms with Gasteiger partial charge in [0.05, 0.1) is 0 Å². The van der Waals surface area contributed by atoms with Gasteiger partial charge in [-0.3, -0.25) is 10.1 Å². The SMILES string of the molecule is CC(C)(C)CC1(C(=O)/C=C\c2ccc(O)c3ccccc23)NC1(C)C.